The minimum atomic E-state index is -0.462. The molecule has 6 heteroatoms. The van der Waals surface area contributed by atoms with Crippen LogP contribution in [0, 0.1) is 10.1 Å². The van der Waals surface area contributed by atoms with Gasteiger partial charge in [-0.25, -0.2) is 0 Å². The van der Waals surface area contributed by atoms with Crippen LogP contribution < -0.4 is 5.73 Å². The fourth-order valence-electron chi connectivity index (χ4n) is 1.29. The Morgan fingerprint density at radius 2 is 2.00 bits per heavy atom. The number of nitrogens with two attached hydrogens (primary N) is 1. The van der Waals surface area contributed by atoms with E-state index in [9.17, 15) is 10.1 Å². The molecular formula is C9H7N3O2S. The maximum absolute atomic E-state index is 10.7. The summed E-state index contributed by atoms with van der Waals surface area (Å²) in [5, 5.41) is 10.7. The van der Waals surface area contributed by atoms with Crippen molar-refractivity contribution in [3.63, 3.8) is 0 Å². The van der Waals surface area contributed by atoms with Crippen molar-refractivity contribution in [3.05, 3.63) is 40.4 Å². The van der Waals surface area contributed by atoms with Gasteiger partial charge in [0.15, 0.2) is 5.82 Å². The van der Waals surface area contributed by atoms with Gasteiger partial charge < -0.3 is 5.73 Å². The number of nitrogen functional groups attached to an aromatic ring is 1. The third kappa shape index (κ3) is 1.66. The van der Waals surface area contributed by atoms with Crippen molar-refractivity contribution in [2.45, 2.75) is 0 Å². The predicted molar refractivity (Wildman–Crippen MR) is 58.6 cm³/mol. The van der Waals surface area contributed by atoms with E-state index >= 15 is 0 Å². The highest BCUT2D eigenvalue weighted by atomic mass is 32.1. The zero-order valence-corrected chi connectivity index (χ0v) is 8.40. The molecule has 0 unspecified atom stereocenters. The Hall–Kier alpha value is -1.95. The second kappa shape index (κ2) is 3.66. The molecule has 5 nitrogen and oxygen atoms in total. The molecule has 0 saturated heterocycles. The summed E-state index contributed by atoms with van der Waals surface area (Å²) in [5.41, 5.74) is 6.73. The van der Waals surface area contributed by atoms with Gasteiger partial charge in [0.1, 0.15) is 5.56 Å². The van der Waals surface area contributed by atoms with Gasteiger partial charge in [0.25, 0.3) is 0 Å². The normalized spacial score (nSPS) is 10.1. The minimum absolute atomic E-state index is 0.0151. The van der Waals surface area contributed by atoms with E-state index in [4.69, 9.17) is 5.73 Å². The Bertz CT molecular complexity index is 495. The van der Waals surface area contributed by atoms with E-state index < -0.39 is 4.92 Å². The van der Waals surface area contributed by atoms with Crippen LogP contribution in [-0.4, -0.2) is 9.30 Å². The fraction of sp³-hybridized carbons (Fsp3) is 0. The molecule has 0 aliphatic rings. The van der Waals surface area contributed by atoms with Gasteiger partial charge in [0.2, 0.25) is 0 Å². The van der Waals surface area contributed by atoms with Crippen LogP contribution in [0.1, 0.15) is 0 Å². The molecule has 1 aromatic carbocycles. The van der Waals surface area contributed by atoms with E-state index in [0.29, 0.717) is 5.56 Å². The average Bonchev–Trinajstić information content (AvgIpc) is 2.61. The Balaban J connectivity index is 2.62. The quantitative estimate of drug-likeness (QED) is 0.623. The Labute approximate surface area is 89.5 Å². The highest BCUT2D eigenvalue weighted by molar-refractivity contribution is 7.10. The van der Waals surface area contributed by atoms with Crippen LogP contribution in [0.25, 0.3) is 11.1 Å². The molecule has 0 fully saturated rings. The molecule has 2 N–H and O–H groups in total. The molecule has 1 aromatic heterocycles. The van der Waals surface area contributed by atoms with Gasteiger partial charge in [-0.3, -0.25) is 10.1 Å². The molecule has 0 saturated carbocycles. The number of benzene rings is 1. The number of nitrogens with zero attached hydrogens (tertiary/aromatic N) is 2. The second-order valence-corrected chi connectivity index (χ2v) is 3.62. The lowest BCUT2D eigenvalue weighted by Gasteiger charge is -1.97. The van der Waals surface area contributed by atoms with Gasteiger partial charge in [0, 0.05) is 11.5 Å². The predicted octanol–water partition coefficient (Wildman–Crippen LogP) is 2.30. The number of hydrogen-bond acceptors (Lipinski definition) is 5. The molecule has 0 amide bonds. The number of hydrogen-bond donors (Lipinski definition) is 1. The first kappa shape index (κ1) is 9.60. The van der Waals surface area contributed by atoms with Crippen LogP contribution >= 0.6 is 11.5 Å². The number of aromatic nitrogens is 1. The molecule has 15 heavy (non-hydrogen) atoms. The summed E-state index contributed by atoms with van der Waals surface area (Å²) in [7, 11) is 0. The lowest BCUT2D eigenvalue weighted by molar-refractivity contribution is -0.379. The summed E-state index contributed by atoms with van der Waals surface area (Å²) < 4.78 is 3.79. The van der Waals surface area contributed by atoms with Crippen LogP contribution in [0.3, 0.4) is 0 Å². The Kier molecular flexibility index (Phi) is 2.34. The molecule has 2 rings (SSSR count). The van der Waals surface area contributed by atoms with Crippen molar-refractivity contribution in [1.29, 1.82) is 0 Å². The molecule has 0 spiro atoms. The molecule has 0 bridgehead atoms. The van der Waals surface area contributed by atoms with Gasteiger partial charge in [-0.2, -0.15) is 4.37 Å². The first-order valence-electron chi connectivity index (χ1n) is 4.15. The van der Waals surface area contributed by atoms with Crippen LogP contribution in [0.4, 0.5) is 10.8 Å². The summed E-state index contributed by atoms with van der Waals surface area (Å²) in [6.45, 7) is 0. The van der Waals surface area contributed by atoms with Crippen molar-refractivity contribution in [2.75, 3.05) is 5.73 Å². The van der Waals surface area contributed by atoms with Crippen LogP contribution in [0.2, 0.25) is 0 Å². The summed E-state index contributed by atoms with van der Waals surface area (Å²) in [4.78, 5) is 10.3. The molecule has 0 atom stereocenters. The Morgan fingerprint density at radius 3 is 2.60 bits per heavy atom. The first-order valence-corrected chi connectivity index (χ1v) is 4.92. The highest BCUT2D eigenvalue weighted by Crippen LogP contribution is 2.37. The topological polar surface area (TPSA) is 82.0 Å². The summed E-state index contributed by atoms with van der Waals surface area (Å²) in [6.07, 6.45) is 0. The van der Waals surface area contributed by atoms with Crippen LogP contribution in [0.5, 0.6) is 0 Å². The first-order chi connectivity index (χ1) is 7.20. The molecule has 1 heterocycles. The van der Waals surface area contributed by atoms with Crippen molar-refractivity contribution >= 4 is 22.4 Å². The maximum Gasteiger partial charge on any atom is 0.353 e. The third-order valence-electron chi connectivity index (χ3n) is 1.93. The summed E-state index contributed by atoms with van der Waals surface area (Å²) in [5.74, 6) is 0.206. The molecule has 0 aliphatic heterocycles. The van der Waals surface area contributed by atoms with Gasteiger partial charge in [0.05, 0.1) is 4.92 Å². The van der Waals surface area contributed by atoms with Gasteiger partial charge in [-0.05, 0) is 5.56 Å². The summed E-state index contributed by atoms with van der Waals surface area (Å²) >= 11 is 0.805. The second-order valence-electron chi connectivity index (χ2n) is 2.87. The van der Waals surface area contributed by atoms with E-state index in [1.165, 1.54) is 0 Å². The van der Waals surface area contributed by atoms with E-state index in [-0.39, 0.29) is 10.8 Å². The number of rotatable bonds is 2. The van der Waals surface area contributed by atoms with E-state index in [1.54, 1.807) is 24.3 Å². The van der Waals surface area contributed by atoms with Gasteiger partial charge >= 0.3 is 5.00 Å². The standard InChI is InChI=1S/C9H7N3O2S/c10-8-7(6-4-2-1-3-5-6)9(12(13)14)15-11-8/h1-5H,(H2,10,11). The minimum Gasteiger partial charge on any atom is -0.382 e. The highest BCUT2D eigenvalue weighted by Gasteiger charge is 2.22. The van der Waals surface area contributed by atoms with Crippen molar-refractivity contribution in [2.24, 2.45) is 0 Å². The van der Waals surface area contributed by atoms with Gasteiger partial charge in [-0.1, -0.05) is 30.3 Å². The SMILES string of the molecule is Nc1nsc([N+](=O)[O-])c1-c1ccccc1. The zero-order valence-electron chi connectivity index (χ0n) is 7.58. The molecular weight excluding hydrogens is 214 g/mol. The third-order valence-corrected chi connectivity index (χ3v) is 2.74. The largest absolute Gasteiger partial charge is 0.382 e. The lowest BCUT2D eigenvalue weighted by Crippen LogP contribution is -1.91. The molecule has 0 aliphatic carbocycles. The van der Waals surface area contributed by atoms with Crippen molar-refractivity contribution in [1.82, 2.24) is 4.37 Å². The molecule has 0 radical (unpaired) electrons. The smallest absolute Gasteiger partial charge is 0.353 e. The maximum atomic E-state index is 10.7. The van der Waals surface area contributed by atoms with E-state index in [2.05, 4.69) is 4.37 Å². The summed E-state index contributed by atoms with van der Waals surface area (Å²) in [6, 6.07) is 8.98. The Morgan fingerprint density at radius 1 is 1.33 bits per heavy atom. The van der Waals surface area contributed by atoms with Crippen LogP contribution in [-0.2, 0) is 0 Å². The fourth-order valence-corrected chi connectivity index (χ4v) is 1.95. The van der Waals surface area contributed by atoms with Crippen molar-refractivity contribution in [3.8, 4) is 11.1 Å². The van der Waals surface area contributed by atoms with E-state index in [0.717, 1.165) is 17.1 Å². The lowest BCUT2D eigenvalue weighted by atomic mass is 10.1. The van der Waals surface area contributed by atoms with E-state index in [1.807, 2.05) is 6.07 Å². The van der Waals surface area contributed by atoms with Crippen molar-refractivity contribution < 1.29 is 4.92 Å². The molecule has 2 aromatic rings. The van der Waals surface area contributed by atoms with Gasteiger partial charge in [-0.15, -0.1) is 0 Å². The van der Waals surface area contributed by atoms with Crippen LogP contribution in [0.15, 0.2) is 30.3 Å². The number of anilines is 1. The molecule has 76 valence electrons. The zero-order chi connectivity index (χ0) is 10.8. The number of nitro groups is 1. The monoisotopic (exact) mass is 221 g/mol. The average molecular weight is 221 g/mol.